The van der Waals surface area contributed by atoms with Gasteiger partial charge in [-0.25, -0.2) is 12.8 Å². The largest absolute Gasteiger partial charge is 0.355 e. The smallest absolute Gasteiger partial charge is 0.243 e. The highest BCUT2D eigenvalue weighted by Gasteiger charge is 2.24. The van der Waals surface area contributed by atoms with Crippen molar-refractivity contribution in [1.29, 1.82) is 0 Å². The Labute approximate surface area is 118 Å². The van der Waals surface area contributed by atoms with Gasteiger partial charge in [0.15, 0.2) is 0 Å². The van der Waals surface area contributed by atoms with Crippen molar-refractivity contribution in [3.8, 4) is 0 Å². The monoisotopic (exact) mass is 302 g/mol. The molecule has 1 N–H and O–H groups in total. The van der Waals surface area contributed by atoms with Crippen molar-refractivity contribution in [1.82, 2.24) is 9.62 Å². The normalized spacial score (nSPS) is 11.6. The Morgan fingerprint density at radius 3 is 2.35 bits per heavy atom. The molecular weight excluding hydrogens is 283 g/mol. The van der Waals surface area contributed by atoms with Crippen molar-refractivity contribution >= 4 is 15.9 Å². The number of carbonyl (C=O) groups is 1. The van der Waals surface area contributed by atoms with Crippen LogP contribution in [-0.2, 0) is 14.8 Å². The quantitative estimate of drug-likeness (QED) is 0.827. The molecule has 0 saturated carbocycles. The maximum Gasteiger partial charge on any atom is 0.243 e. The predicted octanol–water partition coefficient (Wildman–Crippen LogP) is 1.36. The molecule has 20 heavy (non-hydrogen) atoms. The lowest BCUT2D eigenvalue weighted by molar-refractivity contribution is -0.121. The summed E-state index contributed by atoms with van der Waals surface area (Å²) in [5.41, 5.74) is 0. The highest BCUT2D eigenvalue weighted by molar-refractivity contribution is 7.89. The average molecular weight is 302 g/mol. The SMILES string of the molecule is CCCNC(=O)CN(CC)S(=O)(=O)c1ccc(F)cc1. The molecule has 0 bridgehead atoms. The molecule has 0 atom stereocenters. The highest BCUT2D eigenvalue weighted by atomic mass is 32.2. The van der Waals surface area contributed by atoms with E-state index in [1.165, 1.54) is 12.1 Å². The van der Waals surface area contributed by atoms with Crippen LogP contribution in [0.2, 0.25) is 0 Å². The van der Waals surface area contributed by atoms with Crippen LogP contribution in [0.25, 0.3) is 0 Å². The molecule has 7 heteroatoms. The van der Waals surface area contributed by atoms with Crippen molar-refractivity contribution in [2.75, 3.05) is 19.6 Å². The first-order chi connectivity index (χ1) is 9.41. The molecule has 0 heterocycles. The molecule has 0 aliphatic carbocycles. The number of sulfonamides is 1. The third-order valence-corrected chi connectivity index (χ3v) is 4.63. The molecule has 0 aliphatic rings. The van der Waals surface area contributed by atoms with Gasteiger partial charge in [-0.3, -0.25) is 4.79 Å². The zero-order valence-corrected chi connectivity index (χ0v) is 12.4. The number of hydrogen-bond acceptors (Lipinski definition) is 3. The van der Waals surface area contributed by atoms with Crippen molar-refractivity contribution in [3.63, 3.8) is 0 Å². The number of amides is 1. The van der Waals surface area contributed by atoms with Crippen LogP contribution in [0.4, 0.5) is 4.39 Å². The summed E-state index contributed by atoms with van der Waals surface area (Å²) in [5.74, 6) is -0.855. The molecule has 1 aromatic rings. The minimum Gasteiger partial charge on any atom is -0.355 e. The average Bonchev–Trinajstić information content (AvgIpc) is 2.42. The molecule has 0 spiro atoms. The Kier molecular flexibility index (Phi) is 6.09. The van der Waals surface area contributed by atoms with E-state index >= 15 is 0 Å². The topological polar surface area (TPSA) is 66.5 Å². The summed E-state index contributed by atoms with van der Waals surface area (Å²) in [6, 6.07) is 4.55. The van der Waals surface area contributed by atoms with E-state index in [9.17, 15) is 17.6 Å². The molecule has 0 saturated heterocycles. The van der Waals surface area contributed by atoms with Gasteiger partial charge in [-0.1, -0.05) is 13.8 Å². The maximum absolute atomic E-state index is 12.8. The molecular formula is C13H19FN2O3S. The summed E-state index contributed by atoms with van der Waals surface area (Å²) < 4.78 is 38.5. The molecule has 0 aromatic heterocycles. The lowest BCUT2D eigenvalue weighted by Gasteiger charge is -2.20. The Hall–Kier alpha value is -1.47. The molecule has 1 aromatic carbocycles. The Balaban J connectivity index is 2.87. The van der Waals surface area contributed by atoms with E-state index in [0.29, 0.717) is 6.54 Å². The van der Waals surface area contributed by atoms with Crippen LogP contribution in [0, 0.1) is 5.82 Å². The number of nitrogens with one attached hydrogen (secondary N) is 1. The molecule has 0 radical (unpaired) electrons. The number of hydrogen-bond donors (Lipinski definition) is 1. The Bertz CT molecular complexity index is 543. The van der Waals surface area contributed by atoms with Crippen LogP contribution >= 0.6 is 0 Å². The molecule has 1 rings (SSSR count). The van der Waals surface area contributed by atoms with E-state index in [-0.39, 0.29) is 23.9 Å². The van der Waals surface area contributed by atoms with Gasteiger partial charge in [-0.05, 0) is 30.7 Å². The zero-order chi connectivity index (χ0) is 15.2. The van der Waals surface area contributed by atoms with Crippen LogP contribution in [-0.4, -0.2) is 38.3 Å². The summed E-state index contributed by atoms with van der Waals surface area (Å²) in [4.78, 5) is 11.6. The summed E-state index contributed by atoms with van der Waals surface area (Å²) in [6.45, 7) is 3.99. The molecule has 0 unspecified atom stereocenters. The van der Waals surface area contributed by atoms with E-state index in [1.54, 1.807) is 6.92 Å². The standard InChI is InChI=1S/C13H19FN2O3S/c1-3-9-15-13(17)10-16(4-2)20(18,19)12-7-5-11(14)6-8-12/h5-8H,3-4,9-10H2,1-2H3,(H,15,17). The second-order valence-electron chi connectivity index (χ2n) is 4.24. The Morgan fingerprint density at radius 1 is 1.25 bits per heavy atom. The second-order valence-corrected chi connectivity index (χ2v) is 6.17. The Morgan fingerprint density at radius 2 is 1.85 bits per heavy atom. The number of carbonyl (C=O) groups excluding carboxylic acids is 1. The van der Waals surface area contributed by atoms with Crippen molar-refractivity contribution < 1.29 is 17.6 Å². The molecule has 0 fully saturated rings. The first-order valence-electron chi connectivity index (χ1n) is 6.44. The van der Waals surface area contributed by atoms with Gasteiger partial charge in [0.05, 0.1) is 11.4 Å². The first-order valence-corrected chi connectivity index (χ1v) is 7.88. The van der Waals surface area contributed by atoms with Crippen LogP contribution in [0.5, 0.6) is 0 Å². The molecule has 1 amide bonds. The van der Waals surface area contributed by atoms with Gasteiger partial charge in [0, 0.05) is 13.1 Å². The maximum atomic E-state index is 12.8. The number of benzene rings is 1. The molecule has 112 valence electrons. The number of likely N-dealkylation sites (N-methyl/N-ethyl adjacent to an activating group) is 1. The summed E-state index contributed by atoms with van der Waals surface area (Å²) in [7, 11) is -3.78. The highest BCUT2D eigenvalue weighted by Crippen LogP contribution is 2.15. The number of halogens is 1. The number of nitrogens with zero attached hydrogens (tertiary/aromatic N) is 1. The van der Waals surface area contributed by atoms with Gasteiger partial charge >= 0.3 is 0 Å². The first kappa shape index (κ1) is 16.6. The van der Waals surface area contributed by atoms with E-state index in [0.717, 1.165) is 22.9 Å². The number of rotatable bonds is 7. The summed E-state index contributed by atoms with van der Waals surface area (Å²) >= 11 is 0. The van der Waals surface area contributed by atoms with Crippen LogP contribution in [0.15, 0.2) is 29.2 Å². The predicted molar refractivity (Wildman–Crippen MR) is 74.1 cm³/mol. The van der Waals surface area contributed by atoms with Gasteiger partial charge in [0.1, 0.15) is 5.82 Å². The lowest BCUT2D eigenvalue weighted by atomic mass is 10.4. The molecule has 5 nitrogen and oxygen atoms in total. The van der Waals surface area contributed by atoms with E-state index < -0.39 is 15.8 Å². The van der Waals surface area contributed by atoms with Gasteiger partial charge < -0.3 is 5.32 Å². The van der Waals surface area contributed by atoms with E-state index in [4.69, 9.17) is 0 Å². The van der Waals surface area contributed by atoms with Crippen molar-refractivity contribution in [2.45, 2.75) is 25.2 Å². The van der Waals surface area contributed by atoms with Gasteiger partial charge in [-0.15, -0.1) is 0 Å². The zero-order valence-electron chi connectivity index (χ0n) is 11.6. The van der Waals surface area contributed by atoms with E-state index in [1.807, 2.05) is 6.92 Å². The minimum atomic E-state index is -3.78. The second kappa shape index (κ2) is 7.35. The molecule has 0 aliphatic heterocycles. The minimum absolute atomic E-state index is 0.0240. The third-order valence-electron chi connectivity index (χ3n) is 2.70. The van der Waals surface area contributed by atoms with Gasteiger partial charge in [0.2, 0.25) is 15.9 Å². The van der Waals surface area contributed by atoms with Crippen LogP contribution in [0.3, 0.4) is 0 Å². The third kappa shape index (κ3) is 4.28. The van der Waals surface area contributed by atoms with Crippen molar-refractivity contribution in [2.24, 2.45) is 0 Å². The van der Waals surface area contributed by atoms with Gasteiger partial charge in [0.25, 0.3) is 0 Å². The van der Waals surface area contributed by atoms with E-state index in [2.05, 4.69) is 5.32 Å². The van der Waals surface area contributed by atoms with Crippen LogP contribution in [0.1, 0.15) is 20.3 Å². The van der Waals surface area contributed by atoms with Gasteiger partial charge in [-0.2, -0.15) is 4.31 Å². The lowest BCUT2D eigenvalue weighted by Crippen LogP contribution is -2.40. The fourth-order valence-corrected chi connectivity index (χ4v) is 3.01. The van der Waals surface area contributed by atoms with Crippen LogP contribution < -0.4 is 5.32 Å². The summed E-state index contributed by atoms with van der Waals surface area (Å²) in [6.07, 6.45) is 0.780. The fourth-order valence-electron chi connectivity index (χ4n) is 1.60. The van der Waals surface area contributed by atoms with Crippen molar-refractivity contribution in [3.05, 3.63) is 30.1 Å². The fraction of sp³-hybridized carbons (Fsp3) is 0.462. The summed E-state index contributed by atoms with van der Waals surface area (Å²) in [5, 5.41) is 2.62.